The van der Waals surface area contributed by atoms with Crippen molar-refractivity contribution in [2.45, 2.75) is 16.6 Å². The van der Waals surface area contributed by atoms with Gasteiger partial charge >= 0.3 is 0 Å². The van der Waals surface area contributed by atoms with Crippen molar-refractivity contribution in [2.24, 2.45) is 0 Å². The van der Waals surface area contributed by atoms with E-state index in [1.54, 1.807) is 38.3 Å². The molecular formula is C25H27NO4S. The van der Waals surface area contributed by atoms with Crippen LogP contribution in [-0.4, -0.2) is 42.8 Å². The summed E-state index contributed by atoms with van der Waals surface area (Å²) in [7, 11) is 3.60. The molecule has 2 unspecified atom stereocenters. The second-order valence-corrected chi connectivity index (χ2v) is 8.79. The molecule has 31 heavy (non-hydrogen) atoms. The van der Waals surface area contributed by atoms with Gasteiger partial charge in [-0.3, -0.25) is 9.00 Å². The van der Waals surface area contributed by atoms with Crippen molar-refractivity contribution in [1.29, 1.82) is 0 Å². The molecule has 0 spiro atoms. The molecule has 0 radical (unpaired) electrons. The summed E-state index contributed by atoms with van der Waals surface area (Å²) < 4.78 is 23.9. The lowest BCUT2D eigenvalue weighted by atomic mass is 10.1. The van der Waals surface area contributed by atoms with Gasteiger partial charge in [0, 0.05) is 18.5 Å². The molecule has 0 N–H and O–H groups in total. The van der Waals surface area contributed by atoms with Crippen LogP contribution in [0.5, 0.6) is 11.5 Å². The average molecular weight is 438 g/mol. The molecule has 0 fully saturated rings. The largest absolute Gasteiger partial charge is 0.493 e. The molecule has 0 heterocycles. The SMILES string of the molecule is COc1ccc(CC(=O)N(C)CC(c2ccccc2)S(=O)c2ccccc2)cc1OC. The Labute approximate surface area is 186 Å². The van der Waals surface area contributed by atoms with Gasteiger partial charge in [-0.05, 0) is 35.4 Å². The number of nitrogens with zero attached hydrogens (tertiary/aromatic N) is 1. The monoisotopic (exact) mass is 437 g/mol. The van der Waals surface area contributed by atoms with Gasteiger partial charge in [0.15, 0.2) is 11.5 Å². The number of hydrogen-bond acceptors (Lipinski definition) is 4. The van der Waals surface area contributed by atoms with E-state index < -0.39 is 10.8 Å². The summed E-state index contributed by atoms with van der Waals surface area (Å²) in [5.41, 5.74) is 1.77. The maximum atomic E-state index is 13.4. The van der Waals surface area contributed by atoms with Crippen molar-refractivity contribution in [2.75, 3.05) is 27.8 Å². The van der Waals surface area contributed by atoms with Gasteiger partial charge in [0.25, 0.3) is 0 Å². The minimum Gasteiger partial charge on any atom is -0.493 e. The summed E-state index contributed by atoms with van der Waals surface area (Å²) >= 11 is 0. The zero-order valence-electron chi connectivity index (χ0n) is 18.0. The molecule has 0 saturated heterocycles. The molecule has 3 aromatic rings. The summed E-state index contributed by atoms with van der Waals surface area (Å²) in [6.07, 6.45) is 0.219. The van der Waals surface area contributed by atoms with Crippen LogP contribution >= 0.6 is 0 Å². The summed E-state index contributed by atoms with van der Waals surface area (Å²) in [6, 6.07) is 24.5. The van der Waals surface area contributed by atoms with Gasteiger partial charge in [-0.25, -0.2) is 0 Å². The fourth-order valence-corrected chi connectivity index (χ4v) is 4.85. The van der Waals surface area contributed by atoms with Crippen LogP contribution in [-0.2, 0) is 22.0 Å². The lowest BCUT2D eigenvalue weighted by Crippen LogP contribution is -2.33. The molecule has 0 aliphatic heterocycles. The number of benzene rings is 3. The standard InChI is InChI=1S/C25H27NO4S/c1-26(25(27)17-19-14-15-22(29-2)23(16-19)30-3)18-24(20-10-6-4-7-11-20)31(28)21-12-8-5-9-13-21/h4-16,24H,17-18H2,1-3H3. The second kappa shape index (κ2) is 10.8. The van der Waals surface area contributed by atoms with E-state index in [0.29, 0.717) is 18.0 Å². The summed E-state index contributed by atoms with van der Waals surface area (Å²) in [6.45, 7) is 0.345. The van der Waals surface area contributed by atoms with Crippen LogP contribution in [0.25, 0.3) is 0 Å². The normalized spacial score (nSPS) is 12.6. The lowest BCUT2D eigenvalue weighted by molar-refractivity contribution is -0.129. The molecule has 6 heteroatoms. The highest BCUT2D eigenvalue weighted by Crippen LogP contribution is 2.29. The number of likely N-dealkylation sites (N-methyl/N-ethyl adjacent to an activating group) is 1. The lowest BCUT2D eigenvalue weighted by Gasteiger charge is -2.24. The van der Waals surface area contributed by atoms with E-state index in [4.69, 9.17) is 9.47 Å². The second-order valence-electron chi connectivity index (χ2n) is 7.15. The highest BCUT2D eigenvalue weighted by molar-refractivity contribution is 7.85. The van der Waals surface area contributed by atoms with Gasteiger partial charge in [0.1, 0.15) is 0 Å². The average Bonchev–Trinajstić information content (AvgIpc) is 2.82. The number of carbonyl (C=O) groups excluding carboxylic acids is 1. The van der Waals surface area contributed by atoms with E-state index in [9.17, 15) is 9.00 Å². The molecule has 3 rings (SSSR count). The van der Waals surface area contributed by atoms with Crippen LogP contribution in [0.4, 0.5) is 0 Å². The summed E-state index contributed by atoms with van der Waals surface area (Å²) in [5, 5.41) is -0.331. The van der Waals surface area contributed by atoms with Crippen LogP contribution in [0.2, 0.25) is 0 Å². The third kappa shape index (κ3) is 5.73. The van der Waals surface area contributed by atoms with Gasteiger partial charge in [-0.2, -0.15) is 0 Å². The third-order valence-electron chi connectivity index (χ3n) is 5.07. The molecule has 5 nitrogen and oxygen atoms in total. The number of hydrogen-bond donors (Lipinski definition) is 0. The molecule has 1 amide bonds. The van der Waals surface area contributed by atoms with Crippen LogP contribution in [0.3, 0.4) is 0 Å². The fraction of sp³-hybridized carbons (Fsp3) is 0.240. The predicted octanol–water partition coefficient (Wildman–Crippen LogP) is 4.25. The first kappa shape index (κ1) is 22.6. The van der Waals surface area contributed by atoms with Crippen LogP contribution in [0, 0.1) is 0 Å². The van der Waals surface area contributed by atoms with E-state index in [1.165, 1.54) is 0 Å². The van der Waals surface area contributed by atoms with Crippen molar-refractivity contribution in [1.82, 2.24) is 4.90 Å². The van der Waals surface area contributed by atoms with Crippen molar-refractivity contribution < 1.29 is 18.5 Å². The zero-order valence-corrected chi connectivity index (χ0v) is 18.8. The van der Waals surface area contributed by atoms with E-state index in [-0.39, 0.29) is 17.6 Å². The molecule has 3 aromatic carbocycles. The van der Waals surface area contributed by atoms with E-state index in [0.717, 1.165) is 16.0 Å². The minimum absolute atomic E-state index is 0.0572. The Morgan fingerprint density at radius 2 is 1.52 bits per heavy atom. The van der Waals surface area contributed by atoms with Crippen molar-refractivity contribution in [3.05, 3.63) is 90.0 Å². The molecule has 2 atom stereocenters. The van der Waals surface area contributed by atoms with E-state index in [1.807, 2.05) is 66.7 Å². The topological polar surface area (TPSA) is 55.8 Å². The van der Waals surface area contributed by atoms with Crippen LogP contribution in [0.15, 0.2) is 83.8 Å². The fourth-order valence-electron chi connectivity index (χ4n) is 3.33. The highest BCUT2D eigenvalue weighted by atomic mass is 32.2. The Morgan fingerprint density at radius 1 is 0.903 bits per heavy atom. The Hall–Kier alpha value is -3.12. The Morgan fingerprint density at radius 3 is 2.13 bits per heavy atom. The molecule has 162 valence electrons. The smallest absolute Gasteiger partial charge is 0.226 e. The maximum absolute atomic E-state index is 13.4. The highest BCUT2D eigenvalue weighted by Gasteiger charge is 2.24. The molecule has 0 bridgehead atoms. The number of rotatable bonds is 9. The van der Waals surface area contributed by atoms with Gasteiger partial charge in [0.05, 0.1) is 36.7 Å². The first-order chi connectivity index (χ1) is 15.0. The van der Waals surface area contributed by atoms with Crippen LogP contribution in [0.1, 0.15) is 16.4 Å². The van der Waals surface area contributed by atoms with Crippen molar-refractivity contribution in [3.8, 4) is 11.5 Å². The predicted molar refractivity (Wildman–Crippen MR) is 123 cm³/mol. The van der Waals surface area contributed by atoms with Gasteiger partial charge in [0.2, 0.25) is 5.91 Å². The third-order valence-corrected chi connectivity index (χ3v) is 6.75. The van der Waals surface area contributed by atoms with Crippen molar-refractivity contribution >= 4 is 16.7 Å². The molecule has 0 aliphatic rings. The zero-order chi connectivity index (χ0) is 22.2. The quantitative estimate of drug-likeness (QED) is 0.502. The first-order valence-corrected chi connectivity index (χ1v) is 11.2. The number of amides is 1. The number of carbonyl (C=O) groups is 1. The minimum atomic E-state index is -1.30. The van der Waals surface area contributed by atoms with Crippen molar-refractivity contribution in [3.63, 3.8) is 0 Å². The summed E-state index contributed by atoms with van der Waals surface area (Å²) in [5.74, 6) is 1.15. The van der Waals surface area contributed by atoms with Gasteiger partial charge in [-0.15, -0.1) is 0 Å². The molecular weight excluding hydrogens is 410 g/mol. The Balaban J connectivity index is 1.78. The Kier molecular flexibility index (Phi) is 7.84. The Bertz CT molecular complexity index is 1020. The molecule has 0 saturated carbocycles. The maximum Gasteiger partial charge on any atom is 0.226 e. The van der Waals surface area contributed by atoms with E-state index >= 15 is 0 Å². The molecule has 0 aliphatic carbocycles. The molecule has 0 aromatic heterocycles. The van der Waals surface area contributed by atoms with E-state index in [2.05, 4.69) is 0 Å². The number of ether oxygens (including phenoxy) is 2. The first-order valence-electron chi connectivity index (χ1n) is 9.99. The number of methoxy groups -OCH3 is 2. The van der Waals surface area contributed by atoms with Gasteiger partial charge in [-0.1, -0.05) is 54.6 Å². The summed E-state index contributed by atoms with van der Waals surface area (Å²) in [4.78, 5) is 15.3. The van der Waals surface area contributed by atoms with Crippen LogP contribution < -0.4 is 9.47 Å². The van der Waals surface area contributed by atoms with Gasteiger partial charge < -0.3 is 14.4 Å².